The fourth-order valence-electron chi connectivity index (χ4n) is 2.14. The summed E-state index contributed by atoms with van der Waals surface area (Å²) in [6.07, 6.45) is 0. The summed E-state index contributed by atoms with van der Waals surface area (Å²) < 4.78 is 7.81. The van der Waals surface area contributed by atoms with Gasteiger partial charge in [0.25, 0.3) is 0 Å². The van der Waals surface area contributed by atoms with Crippen molar-refractivity contribution >= 4 is 21.9 Å². The molecule has 21 heavy (non-hydrogen) atoms. The van der Waals surface area contributed by atoms with Gasteiger partial charge in [-0.1, -0.05) is 53.2 Å². The van der Waals surface area contributed by atoms with Crippen LogP contribution >= 0.6 is 15.9 Å². The van der Waals surface area contributed by atoms with E-state index in [0.717, 1.165) is 15.7 Å². The second kappa shape index (κ2) is 6.85. The van der Waals surface area contributed by atoms with Gasteiger partial charge in [0, 0.05) is 4.47 Å². The van der Waals surface area contributed by atoms with Gasteiger partial charge < -0.3 is 4.74 Å². The van der Waals surface area contributed by atoms with E-state index in [2.05, 4.69) is 26.2 Å². The van der Waals surface area contributed by atoms with Crippen molar-refractivity contribution in [2.24, 2.45) is 0 Å². The summed E-state index contributed by atoms with van der Waals surface area (Å²) in [5.74, 6) is -0.290. The van der Waals surface area contributed by atoms with E-state index in [1.165, 1.54) is 0 Å². The van der Waals surface area contributed by atoms with E-state index < -0.39 is 5.97 Å². The third-order valence-corrected chi connectivity index (χ3v) is 3.84. The molecule has 0 aliphatic heterocycles. The molecule has 5 nitrogen and oxygen atoms in total. The molecule has 0 bridgehead atoms. The van der Waals surface area contributed by atoms with Crippen LogP contribution in [0.25, 0.3) is 0 Å². The average molecular weight is 352 g/mol. The van der Waals surface area contributed by atoms with E-state index in [-0.39, 0.29) is 5.92 Å². The minimum atomic E-state index is -0.417. The lowest BCUT2D eigenvalue weighted by Crippen LogP contribution is -2.13. The van der Waals surface area contributed by atoms with E-state index in [1.54, 1.807) is 11.6 Å². The Labute approximate surface area is 132 Å². The lowest BCUT2D eigenvalue weighted by atomic mass is 10.1. The Hall–Kier alpha value is -1.69. The summed E-state index contributed by atoms with van der Waals surface area (Å²) in [5, 5.41) is 8.13. The molecule has 0 saturated heterocycles. The maximum Gasteiger partial charge on any atom is 0.360 e. The summed E-state index contributed by atoms with van der Waals surface area (Å²) in [6, 6.07) is 7.92. The number of nitrogens with zero attached hydrogens (tertiary/aromatic N) is 3. The van der Waals surface area contributed by atoms with Crippen LogP contribution in [0.2, 0.25) is 0 Å². The highest BCUT2D eigenvalue weighted by atomic mass is 79.9. The first kappa shape index (κ1) is 15.7. The Morgan fingerprint density at radius 2 is 2.10 bits per heavy atom. The second-order valence-corrected chi connectivity index (χ2v) is 5.80. The first-order valence-electron chi connectivity index (χ1n) is 6.88. The molecule has 2 rings (SSSR count). The van der Waals surface area contributed by atoms with Crippen molar-refractivity contribution in [1.29, 1.82) is 0 Å². The predicted octanol–water partition coefficient (Wildman–Crippen LogP) is 3.39. The Morgan fingerprint density at radius 3 is 2.71 bits per heavy atom. The molecule has 1 heterocycles. The molecule has 0 atom stereocenters. The van der Waals surface area contributed by atoms with Crippen LogP contribution in [0.3, 0.4) is 0 Å². The van der Waals surface area contributed by atoms with Gasteiger partial charge in [-0.25, -0.2) is 9.48 Å². The zero-order chi connectivity index (χ0) is 15.4. The summed E-state index contributed by atoms with van der Waals surface area (Å²) in [4.78, 5) is 12.0. The molecule has 0 saturated carbocycles. The molecule has 2 aromatic rings. The third kappa shape index (κ3) is 3.50. The highest BCUT2D eigenvalue weighted by molar-refractivity contribution is 9.10. The maximum atomic E-state index is 12.0. The molecule has 1 aromatic carbocycles. The van der Waals surface area contributed by atoms with E-state index >= 15 is 0 Å². The Balaban J connectivity index is 2.36. The van der Waals surface area contributed by atoms with Gasteiger partial charge >= 0.3 is 5.97 Å². The molecular formula is C15H18BrN3O2. The van der Waals surface area contributed by atoms with Crippen molar-refractivity contribution < 1.29 is 9.53 Å². The molecule has 0 aliphatic rings. The predicted molar refractivity (Wildman–Crippen MR) is 83.3 cm³/mol. The molecule has 0 radical (unpaired) electrons. The van der Waals surface area contributed by atoms with Crippen LogP contribution in [0.15, 0.2) is 28.7 Å². The molecule has 0 amide bonds. The summed E-state index contributed by atoms with van der Waals surface area (Å²) in [6.45, 7) is 6.68. The van der Waals surface area contributed by atoms with Crippen LogP contribution in [-0.2, 0) is 11.3 Å². The smallest absolute Gasteiger partial charge is 0.360 e. The Bertz CT molecular complexity index is 638. The largest absolute Gasteiger partial charge is 0.461 e. The van der Waals surface area contributed by atoms with E-state index in [4.69, 9.17) is 4.74 Å². The highest BCUT2D eigenvalue weighted by Gasteiger charge is 2.23. The average Bonchev–Trinajstić information content (AvgIpc) is 2.85. The van der Waals surface area contributed by atoms with E-state index in [1.807, 2.05) is 38.1 Å². The summed E-state index contributed by atoms with van der Waals surface area (Å²) in [7, 11) is 0. The minimum absolute atomic E-state index is 0.127. The summed E-state index contributed by atoms with van der Waals surface area (Å²) in [5.41, 5.74) is 2.18. The number of hydrogen-bond donors (Lipinski definition) is 0. The quantitative estimate of drug-likeness (QED) is 0.774. The zero-order valence-corrected chi connectivity index (χ0v) is 13.9. The van der Waals surface area contributed by atoms with Crippen LogP contribution in [0.4, 0.5) is 0 Å². The van der Waals surface area contributed by atoms with Crippen molar-refractivity contribution in [2.45, 2.75) is 33.2 Å². The molecule has 6 heteroatoms. The van der Waals surface area contributed by atoms with Crippen LogP contribution in [0.1, 0.15) is 48.4 Å². The highest BCUT2D eigenvalue weighted by Crippen LogP contribution is 2.22. The number of carbonyl (C=O) groups is 1. The minimum Gasteiger partial charge on any atom is -0.461 e. The van der Waals surface area contributed by atoms with Gasteiger partial charge in [0.15, 0.2) is 5.69 Å². The molecule has 0 unspecified atom stereocenters. The zero-order valence-electron chi connectivity index (χ0n) is 12.3. The molecule has 0 aliphatic carbocycles. The van der Waals surface area contributed by atoms with Gasteiger partial charge in [-0.15, -0.1) is 5.10 Å². The topological polar surface area (TPSA) is 57.0 Å². The first-order valence-corrected chi connectivity index (χ1v) is 7.67. The second-order valence-electron chi connectivity index (χ2n) is 4.95. The third-order valence-electron chi connectivity index (χ3n) is 3.07. The van der Waals surface area contributed by atoms with Gasteiger partial charge in [-0.2, -0.15) is 0 Å². The van der Waals surface area contributed by atoms with Gasteiger partial charge in [0.2, 0.25) is 0 Å². The van der Waals surface area contributed by atoms with E-state index in [0.29, 0.717) is 18.8 Å². The van der Waals surface area contributed by atoms with Crippen LogP contribution in [0, 0.1) is 0 Å². The number of esters is 1. The van der Waals surface area contributed by atoms with Crippen molar-refractivity contribution in [2.75, 3.05) is 6.61 Å². The monoisotopic (exact) mass is 351 g/mol. The number of benzene rings is 1. The van der Waals surface area contributed by atoms with Crippen molar-refractivity contribution in [3.8, 4) is 0 Å². The normalized spacial score (nSPS) is 10.9. The molecule has 0 spiro atoms. The number of hydrogen-bond acceptors (Lipinski definition) is 4. The van der Waals surface area contributed by atoms with Crippen LogP contribution in [0.5, 0.6) is 0 Å². The van der Waals surface area contributed by atoms with Crippen LogP contribution in [-0.4, -0.2) is 27.6 Å². The Morgan fingerprint density at radius 1 is 1.38 bits per heavy atom. The van der Waals surface area contributed by atoms with Gasteiger partial charge in [0.1, 0.15) is 0 Å². The molecule has 1 aromatic heterocycles. The first-order chi connectivity index (χ1) is 10.0. The van der Waals surface area contributed by atoms with Gasteiger partial charge in [0.05, 0.1) is 18.8 Å². The van der Waals surface area contributed by atoms with Crippen LogP contribution < -0.4 is 0 Å². The SMILES string of the molecule is CCOC(=O)c1nnn(Cc2ccccc2Br)c1C(C)C. The number of ether oxygens (including phenoxy) is 1. The standard InChI is InChI=1S/C15H18BrN3O2/c1-4-21-15(20)13-14(10(2)3)19(18-17-13)9-11-7-5-6-8-12(11)16/h5-8,10H,4,9H2,1-3H3. The summed E-state index contributed by atoms with van der Waals surface area (Å²) >= 11 is 3.52. The Kier molecular flexibility index (Phi) is 5.12. The lowest BCUT2D eigenvalue weighted by Gasteiger charge is -2.11. The molecular weight excluding hydrogens is 334 g/mol. The maximum absolute atomic E-state index is 12.0. The van der Waals surface area contributed by atoms with Crippen molar-refractivity contribution in [3.63, 3.8) is 0 Å². The van der Waals surface area contributed by atoms with Gasteiger partial charge in [-0.05, 0) is 24.5 Å². The lowest BCUT2D eigenvalue weighted by molar-refractivity contribution is 0.0517. The molecule has 0 fully saturated rings. The van der Waals surface area contributed by atoms with Crippen molar-refractivity contribution in [1.82, 2.24) is 15.0 Å². The van der Waals surface area contributed by atoms with E-state index in [9.17, 15) is 4.79 Å². The number of halogens is 1. The molecule has 112 valence electrons. The fourth-order valence-corrected chi connectivity index (χ4v) is 2.55. The fraction of sp³-hybridized carbons (Fsp3) is 0.400. The number of rotatable bonds is 5. The molecule has 0 N–H and O–H groups in total. The van der Waals surface area contributed by atoms with Crippen molar-refractivity contribution in [3.05, 3.63) is 45.7 Å². The number of carbonyl (C=O) groups excluding carboxylic acids is 1. The number of aromatic nitrogens is 3. The van der Waals surface area contributed by atoms with Gasteiger partial charge in [-0.3, -0.25) is 0 Å².